The van der Waals surface area contributed by atoms with E-state index in [-0.39, 0.29) is 18.7 Å². The molecule has 164 valence electrons. The lowest BCUT2D eigenvalue weighted by molar-refractivity contribution is -0.131. The molecular formula is C24H28N2O5. The molecule has 0 aliphatic carbocycles. The molecule has 7 heteroatoms. The fraction of sp³-hybridized carbons (Fsp3) is 0.417. The van der Waals surface area contributed by atoms with Crippen LogP contribution >= 0.6 is 0 Å². The van der Waals surface area contributed by atoms with Gasteiger partial charge >= 0.3 is 5.97 Å². The van der Waals surface area contributed by atoms with Crippen LogP contribution in [0.25, 0.3) is 11.1 Å². The van der Waals surface area contributed by atoms with Gasteiger partial charge in [0.15, 0.2) is 6.79 Å². The van der Waals surface area contributed by atoms with Gasteiger partial charge in [0.25, 0.3) is 0 Å². The summed E-state index contributed by atoms with van der Waals surface area (Å²) in [6, 6.07) is 11.1. The number of carbonyl (C=O) groups excluding carboxylic acids is 2. The molecule has 1 saturated heterocycles. The maximum atomic E-state index is 12.4. The van der Waals surface area contributed by atoms with Crippen LogP contribution in [-0.2, 0) is 20.9 Å². The Morgan fingerprint density at radius 3 is 2.68 bits per heavy atom. The molecule has 0 bridgehead atoms. The van der Waals surface area contributed by atoms with Gasteiger partial charge in [-0.05, 0) is 61.3 Å². The first-order chi connectivity index (χ1) is 15.1. The first-order valence-corrected chi connectivity index (χ1v) is 10.8. The third-order valence-electron chi connectivity index (χ3n) is 5.55. The zero-order valence-corrected chi connectivity index (χ0v) is 17.8. The SMILES string of the molecule is CC(=O)Oc1ccc2c(c1)OCOCc1cc(NC(=O)CCN3CCCCC3)ccc1-2. The molecule has 4 rings (SSSR count). The molecular weight excluding hydrogens is 396 g/mol. The molecule has 1 N–H and O–H groups in total. The fourth-order valence-corrected chi connectivity index (χ4v) is 4.05. The lowest BCUT2D eigenvalue weighted by Gasteiger charge is -2.26. The van der Waals surface area contributed by atoms with Gasteiger partial charge in [-0.2, -0.15) is 0 Å². The van der Waals surface area contributed by atoms with Gasteiger partial charge in [-0.25, -0.2) is 0 Å². The van der Waals surface area contributed by atoms with E-state index in [4.69, 9.17) is 14.2 Å². The summed E-state index contributed by atoms with van der Waals surface area (Å²) in [6.45, 7) is 4.79. The van der Waals surface area contributed by atoms with Crippen molar-refractivity contribution >= 4 is 17.6 Å². The average Bonchev–Trinajstić information content (AvgIpc) is 2.75. The number of ether oxygens (including phenoxy) is 3. The number of anilines is 1. The van der Waals surface area contributed by atoms with E-state index in [1.807, 2.05) is 24.3 Å². The maximum absolute atomic E-state index is 12.4. The van der Waals surface area contributed by atoms with Gasteiger partial charge in [0.2, 0.25) is 5.91 Å². The van der Waals surface area contributed by atoms with E-state index in [0.29, 0.717) is 24.5 Å². The fourth-order valence-electron chi connectivity index (χ4n) is 4.05. The Labute approximate surface area is 182 Å². The minimum Gasteiger partial charge on any atom is -0.467 e. The summed E-state index contributed by atoms with van der Waals surface area (Å²) in [7, 11) is 0. The molecule has 7 nitrogen and oxygen atoms in total. The molecule has 2 aliphatic heterocycles. The zero-order valence-electron chi connectivity index (χ0n) is 17.8. The lowest BCUT2D eigenvalue weighted by atomic mass is 9.98. The highest BCUT2D eigenvalue weighted by atomic mass is 16.7. The summed E-state index contributed by atoms with van der Waals surface area (Å²) in [5, 5.41) is 3.01. The summed E-state index contributed by atoms with van der Waals surface area (Å²) < 4.78 is 16.5. The number of piperidine rings is 1. The highest BCUT2D eigenvalue weighted by Crippen LogP contribution is 2.38. The van der Waals surface area contributed by atoms with Crippen molar-refractivity contribution in [2.24, 2.45) is 0 Å². The van der Waals surface area contributed by atoms with Crippen molar-refractivity contribution in [2.45, 2.75) is 39.2 Å². The molecule has 2 aromatic carbocycles. The molecule has 2 aromatic rings. The van der Waals surface area contributed by atoms with Crippen LogP contribution in [0.3, 0.4) is 0 Å². The number of benzene rings is 2. The molecule has 0 radical (unpaired) electrons. The molecule has 2 aliphatic rings. The number of nitrogens with one attached hydrogen (secondary N) is 1. The topological polar surface area (TPSA) is 77.1 Å². The Bertz CT molecular complexity index is 953. The van der Waals surface area contributed by atoms with Crippen LogP contribution < -0.4 is 14.8 Å². The molecule has 0 saturated carbocycles. The summed E-state index contributed by atoms with van der Waals surface area (Å²) in [5.74, 6) is 0.638. The number of rotatable bonds is 5. The molecule has 0 spiro atoms. The number of fused-ring (bicyclic) bond motifs is 3. The van der Waals surface area contributed by atoms with Gasteiger partial charge in [0.05, 0.1) is 6.61 Å². The second-order valence-corrected chi connectivity index (χ2v) is 7.93. The molecule has 1 fully saturated rings. The van der Waals surface area contributed by atoms with Gasteiger partial charge in [-0.1, -0.05) is 12.5 Å². The Balaban J connectivity index is 1.47. The van der Waals surface area contributed by atoms with Crippen molar-refractivity contribution < 1.29 is 23.8 Å². The minimum absolute atomic E-state index is 0.0204. The van der Waals surface area contributed by atoms with E-state index in [9.17, 15) is 9.59 Å². The molecule has 0 unspecified atom stereocenters. The van der Waals surface area contributed by atoms with Crippen LogP contribution in [-0.4, -0.2) is 43.2 Å². The third-order valence-corrected chi connectivity index (χ3v) is 5.55. The predicted molar refractivity (Wildman–Crippen MR) is 117 cm³/mol. The van der Waals surface area contributed by atoms with Crippen LogP contribution in [0, 0.1) is 0 Å². The lowest BCUT2D eigenvalue weighted by Crippen LogP contribution is -2.32. The first-order valence-electron chi connectivity index (χ1n) is 10.8. The number of likely N-dealkylation sites (tertiary alicyclic amines) is 1. The maximum Gasteiger partial charge on any atom is 0.308 e. The van der Waals surface area contributed by atoms with Gasteiger partial charge in [0, 0.05) is 37.2 Å². The number of esters is 1. The number of amides is 1. The van der Waals surface area contributed by atoms with Gasteiger partial charge in [-0.15, -0.1) is 0 Å². The normalized spacial score (nSPS) is 16.2. The minimum atomic E-state index is -0.386. The van der Waals surface area contributed by atoms with E-state index in [0.717, 1.165) is 42.0 Å². The predicted octanol–water partition coefficient (Wildman–Crippen LogP) is 3.96. The molecule has 31 heavy (non-hydrogen) atoms. The summed E-state index contributed by atoms with van der Waals surface area (Å²) in [6.07, 6.45) is 4.22. The highest BCUT2D eigenvalue weighted by Gasteiger charge is 2.17. The largest absolute Gasteiger partial charge is 0.467 e. The smallest absolute Gasteiger partial charge is 0.308 e. The number of carbonyl (C=O) groups is 2. The quantitative estimate of drug-likeness (QED) is 0.578. The molecule has 1 amide bonds. The zero-order chi connectivity index (χ0) is 21.6. The van der Waals surface area contributed by atoms with Crippen LogP contribution in [0.15, 0.2) is 36.4 Å². The number of nitrogens with zero attached hydrogens (tertiary/aromatic N) is 1. The molecule has 0 atom stereocenters. The van der Waals surface area contributed by atoms with Crippen LogP contribution in [0.4, 0.5) is 5.69 Å². The Morgan fingerprint density at radius 1 is 1.06 bits per heavy atom. The summed E-state index contributed by atoms with van der Waals surface area (Å²) in [5.41, 5.74) is 3.55. The van der Waals surface area contributed by atoms with Crippen molar-refractivity contribution in [3.8, 4) is 22.6 Å². The monoisotopic (exact) mass is 424 g/mol. The summed E-state index contributed by atoms with van der Waals surface area (Å²) >= 11 is 0. The number of hydrogen-bond acceptors (Lipinski definition) is 6. The molecule has 0 aromatic heterocycles. The number of hydrogen-bond donors (Lipinski definition) is 1. The van der Waals surface area contributed by atoms with E-state index >= 15 is 0 Å². The standard InChI is InChI=1S/C24H28N2O5/c1-17(27)31-20-6-8-22-21-7-5-19(13-18(21)15-29-16-30-23(22)14-20)25-24(28)9-12-26-10-3-2-4-11-26/h5-8,13-14H,2-4,9-12,15-16H2,1H3,(H,25,28). The van der Waals surface area contributed by atoms with E-state index in [1.54, 1.807) is 12.1 Å². The summed E-state index contributed by atoms with van der Waals surface area (Å²) in [4.78, 5) is 26.0. The van der Waals surface area contributed by atoms with Crippen LogP contribution in [0.1, 0.15) is 38.2 Å². The van der Waals surface area contributed by atoms with Gasteiger partial charge in [0.1, 0.15) is 11.5 Å². The first kappa shape index (κ1) is 21.3. The van der Waals surface area contributed by atoms with Crippen molar-refractivity contribution in [3.05, 3.63) is 42.0 Å². The van der Waals surface area contributed by atoms with Crippen molar-refractivity contribution in [1.29, 1.82) is 0 Å². The van der Waals surface area contributed by atoms with Gasteiger partial charge in [-0.3, -0.25) is 9.59 Å². The Hall–Kier alpha value is -2.90. The van der Waals surface area contributed by atoms with Crippen molar-refractivity contribution in [1.82, 2.24) is 4.90 Å². The van der Waals surface area contributed by atoms with E-state index < -0.39 is 0 Å². The Kier molecular flexibility index (Phi) is 6.84. The van der Waals surface area contributed by atoms with E-state index in [1.165, 1.54) is 26.2 Å². The highest BCUT2D eigenvalue weighted by molar-refractivity contribution is 5.91. The average molecular weight is 424 g/mol. The molecule has 2 heterocycles. The van der Waals surface area contributed by atoms with Gasteiger partial charge < -0.3 is 24.4 Å². The van der Waals surface area contributed by atoms with E-state index in [2.05, 4.69) is 10.2 Å². The Morgan fingerprint density at radius 2 is 1.87 bits per heavy atom. The third kappa shape index (κ3) is 5.62. The van der Waals surface area contributed by atoms with Crippen LogP contribution in [0.5, 0.6) is 11.5 Å². The second kappa shape index (κ2) is 9.94. The second-order valence-electron chi connectivity index (χ2n) is 7.93. The van der Waals surface area contributed by atoms with Crippen molar-refractivity contribution in [2.75, 3.05) is 31.7 Å². The van der Waals surface area contributed by atoms with Crippen LogP contribution in [0.2, 0.25) is 0 Å². The van der Waals surface area contributed by atoms with Crippen molar-refractivity contribution in [3.63, 3.8) is 0 Å².